The first-order chi connectivity index (χ1) is 8.61. The number of nitrogens with two attached hydrogens (primary N) is 1. The first kappa shape index (κ1) is 13.3. The molecule has 0 aliphatic carbocycles. The molecular weight excluding hydrogens is 298 g/mol. The molecule has 0 saturated carbocycles. The van der Waals surface area contributed by atoms with E-state index < -0.39 is 0 Å². The summed E-state index contributed by atoms with van der Waals surface area (Å²) in [7, 11) is 1.42. The van der Waals surface area contributed by atoms with Gasteiger partial charge < -0.3 is 10.5 Å². The van der Waals surface area contributed by atoms with E-state index in [9.17, 15) is 4.79 Å². The molecule has 0 spiro atoms. The number of aromatic nitrogens is 1. The number of hydrogen-bond donors (Lipinski definition) is 1. The Labute approximate surface area is 114 Å². The van der Waals surface area contributed by atoms with Gasteiger partial charge in [-0.05, 0) is 41.4 Å². The number of carbonyl (C=O) groups is 1. The normalized spacial score (nSPS) is 20.0. The minimum Gasteiger partial charge on any atom is -0.468 e. The van der Waals surface area contributed by atoms with E-state index in [4.69, 9.17) is 10.5 Å². The predicted octanol–water partition coefficient (Wildman–Crippen LogP) is 1.56. The van der Waals surface area contributed by atoms with E-state index in [1.807, 2.05) is 6.07 Å². The van der Waals surface area contributed by atoms with Crippen LogP contribution in [0, 0.1) is 0 Å². The molecule has 2 N–H and O–H groups in total. The lowest BCUT2D eigenvalue weighted by Crippen LogP contribution is -2.36. The Bertz CT molecular complexity index is 453. The summed E-state index contributed by atoms with van der Waals surface area (Å²) in [5.41, 5.74) is 6.78. The zero-order valence-corrected chi connectivity index (χ0v) is 11.8. The van der Waals surface area contributed by atoms with Crippen LogP contribution >= 0.6 is 15.9 Å². The highest BCUT2D eigenvalue weighted by atomic mass is 79.9. The second kappa shape index (κ2) is 5.67. The van der Waals surface area contributed by atoms with Gasteiger partial charge in [-0.1, -0.05) is 0 Å². The standard InChI is InChI=1S/C12H16BrN3O2/c1-18-12(17)10-3-2-4-16(10)7-8-5-9(13)6-15-11(8)14/h5-6,10H,2-4,7H2,1H3,(H2,14,15). The van der Waals surface area contributed by atoms with Gasteiger partial charge in [0.1, 0.15) is 11.9 Å². The number of nitrogens with zero attached hydrogens (tertiary/aromatic N) is 2. The Kier molecular flexibility index (Phi) is 4.19. The number of halogens is 1. The van der Waals surface area contributed by atoms with Gasteiger partial charge in [0.25, 0.3) is 0 Å². The fraction of sp³-hybridized carbons (Fsp3) is 0.500. The highest BCUT2D eigenvalue weighted by Crippen LogP contribution is 2.24. The number of hydrogen-bond acceptors (Lipinski definition) is 5. The molecule has 1 saturated heterocycles. The van der Waals surface area contributed by atoms with Gasteiger partial charge in [0, 0.05) is 22.8 Å². The molecule has 1 aromatic heterocycles. The fourth-order valence-corrected chi connectivity index (χ4v) is 2.63. The lowest BCUT2D eigenvalue weighted by Gasteiger charge is -2.22. The van der Waals surface area contributed by atoms with Crippen LogP contribution in [0.25, 0.3) is 0 Å². The van der Waals surface area contributed by atoms with Crippen molar-refractivity contribution < 1.29 is 9.53 Å². The van der Waals surface area contributed by atoms with Crippen molar-refractivity contribution in [2.75, 3.05) is 19.4 Å². The molecule has 98 valence electrons. The summed E-state index contributed by atoms with van der Waals surface area (Å²) in [6.45, 7) is 1.50. The summed E-state index contributed by atoms with van der Waals surface area (Å²) in [4.78, 5) is 17.8. The third-order valence-corrected chi connectivity index (χ3v) is 3.61. The van der Waals surface area contributed by atoms with Gasteiger partial charge in [0.2, 0.25) is 0 Å². The van der Waals surface area contributed by atoms with Crippen molar-refractivity contribution in [2.45, 2.75) is 25.4 Å². The van der Waals surface area contributed by atoms with Crippen molar-refractivity contribution in [1.82, 2.24) is 9.88 Å². The Hall–Kier alpha value is -1.14. The van der Waals surface area contributed by atoms with E-state index in [-0.39, 0.29) is 12.0 Å². The van der Waals surface area contributed by atoms with Crippen molar-refractivity contribution in [3.8, 4) is 0 Å². The molecule has 2 heterocycles. The first-order valence-electron chi connectivity index (χ1n) is 5.83. The molecule has 2 rings (SSSR count). The van der Waals surface area contributed by atoms with Gasteiger partial charge in [-0.3, -0.25) is 9.69 Å². The van der Waals surface area contributed by atoms with E-state index in [0.29, 0.717) is 12.4 Å². The van der Waals surface area contributed by atoms with Gasteiger partial charge >= 0.3 is 5.97 Å². The molecule has 1 unspecified atom stereocenters. The maximum atomic E-state index is 11.6. The number of ether oxygens (including phenoxy) is 1. The predicted molar refractivity (Wildman–Crippen MR) is 71.8 cm³/mol. The fourth-order valence-electron chi connectivity index (χ4n) is 2.26. The molecule has 1 aliphatic rings. The minimum absolute atomic E-state index is 0.159. The number of nitrogen functional groups attached to an aromatic ring is 1. The molecule has 6 heteroatoms. The van der Waals surface area contributed by atoms with Crippen LogP contribution in [-0.2, 0) is 16.1 Å². The topological polar surface area (TPSA) is 68.5 Å². The largest absolute Gasteiger partial charge is 0.468 e. The SMILES string of the molecule is COC(=O)C1CCCN1Cc1cc(Br)cnc1N. The van der Waals surface area contributed by atoms with E-state index in [2.05, 4.69) is 25.8 Å². The van der Waals surface area contributed by atoms with E-state index in [1.54, 1.807) is 6.20 Å². The Morgan fingerprint density at radius 2 is 2.50 bits per heavy atom. The summed E-state index contributed by atoms with van der Waals surface area (Å²) in [6, 6.07) is 1.78. The molecule has 18 heavy (non-hydrogen) atoms. The third kappa shape index (κ3) is 2.81. The minimum atomic E-state index is -0.172. The third-order valence-electron chi connectivity index (χ3n) is 3.18. The number of rotatable bonds is 3. The highest BCUT2D eigenvalue weighted by Gasteiger charge is 2.31. The average molecular weight is 314 g/mol. The van der Waals surface area contributed by atoms with Crippen LogP contribution in [0.2, 0.25) is 0 Å². The Morgan fingerprint density at radius 3 is 3.22 bits per heavy atom. The Morgan fingerprint density at radius 1 is 1.72 bits per heavy atom. The van der Waals surface area contributed by atoms with E-state index >= 15 is 0 Å². The van der Waals surface area contributed by atoms with Gasteiger partial charge in [0.15, 0.2) is 0 Å². The smallest absolute Gasteiger partial charge is 0.323 e. The first-order valence-corrected chi connectivity index (χ1v) is 6.63. The van der Waals surface area contributed by atoms with Gasteiger partial charge in [-0.2, -0.15) is 0 Å². The Balaban J connectivity index is 2.13. The zero-order valence-electron chi connectivity index (χ0n) is 10.2. The monoisotopic (exact) mass is 313 g/mol. The maximum Gasteiger partial charge on any atom is 0.323 e. The molecule has 0 radical (unpaired) electrons. The highest BCUT2D eigenvalue weighted by molar-refractivity contribution is 9.10. The van der Waals surface area contributed by atoms with Crippen LogP contribution in [-0.4, -0.2) is 35.5 Å². The molecule has 1 fully saturated rings. The molecular formula is C12H16BrN3O2. The molecule has 1 aromatic rings. The molecule has 1 aliphatic heterocycles. The van der Waals surface area contributed by atoms with Gasteiger partial charge in [-0.15, -0.1) is 0 Å². The summed E-state index contributed by atoms with van der Waals surface area (Å²) in [5, 5.41) is 0. The second-order valence-corrected chi connectivity index (χ2v) is 5.27. The molecule has 1 atom stereocenters. The zero-order chi connectivity index (χ0) is 13.1. The average Bonchev–Trinajstić information content (AvgIpc) is 2.81. The quantitative estimate of drug-likeness (QED) is 0.858. The van der Waals surface area contributed by atoms with Crippen molar-refractivity contribution >= 4 is 27.7 Å². The lowest BCUT2D eigenvalue weighted by molar-refractivity contribution is -0.146. The number of carbonyl (C=O) groups excluding carboxylic acids is 1. The number of likely N-dealkylation sites (tertiary alicyclic amines) is 1. The van der Waals surface area contributed by atoms with Crippen LogP contribution < -0.4 is 5.73 Å². The van der Waals surface area contributed by atoms with Crippen molar-refractivity contribution in [2.24, 2.45) is 0 Å². The molecule has 0 aromatic carbocycles. The summed E-state index contributed by atoms with van der Waals surface area (Å²) < 4.78 is 5.71. The summed E-state index contributed by atoms with van der Waals surface area (Å²) in [6.07, 6.45) is 3.51. The van der Waals surface area contributed by atoms with E-state index in [0.717, 1.165) is 29.4 Å². The van der Waals surface area contributed by atoms with Crippen LogP contribution in [0.5, 0.6) is 0 Å². The van der Waals surface area contributed by atoms with Crippen molar-refractivity contribution in [3.05, 3.63) is 22.3 Å². The van der Waals surface area contributed by atoms with Crippen molar-refractivity contribution in [1.29, 1.82) is 0 Å². The van der Waals surface area contributed by atoms with E-state index in [1.165, 1.54) is 7.11 Å². The van der Waals surface area contributed by atoms with Crippen LogP contribution in [0.15, 0.2) is 16.7 Å². The molecule has 5 nitrogen and oxygen atoms in total. The maximum absolute atomic E-state index is 11.6. The van der Waals surface area contributed by atoms with Gasteiger partial charge in [0.05, 0.1) is 7.11 Å². The number of anilines is 1. The summed E-state index contributed by atoms with van der Waals surface area (Å²) >= 11 is 3.38. The summed E-state index contributed by atoms with van der Waals surface area (Å²) in [5.74, 6) is 0.336. The second-order valence-electron chi connectivity index (χ2n) is 4.35. The lowest BCUT2D eigenvalue weighted by atomic mass is 10.2. The number of methoxy groups -OCH3 is 1. The number of pyridine rings is 1. The molecule has 0 bridgehead atoms. The molecule has 0 amide bonds. The van der Waals surface area contributed by atoms with Crippen LogP contribution in [0.1, 0.15) is 18.4 Å². The van der Waals surface area contributed by atoms with Crippen LogP contribution in [0.3, 0.4) is 0 Å². The van der Waals surface area contributed by atoms with Gasteiger partial charge in [-0.25, -0.2) is 4.98 Å². The van der Waals surface area contributed by atoms with Crippen LogP contribution in [0.4, 0.5) is 5.82 Å². The van der Waals surface area contributed by atoms with Crippen molar-refractivity contribution in [3.63, 3.8) is 0 Å². The number of esters is 1.